The first kappa shape index (κ1) is 15.9. The topological polar surface area (TPSA) is 50.8 Å². The van der Waals surface area contributed by atoms with Crippen LogP contribution in [0.1, 0.15) is 19.8 Å². The molecule has 1 fully saturated rings. The molecule has 2 aliphatic rings. The van der Waals surface area contributed by atoms with Crippen molar-refractivity contribution in [3.05, 3.63) is 24.3 Å². The van der Waals surface area contributed by atoms with E-state index in [0.717, 1.165) is 44.0 Å². The highest BCUT2D eigenvalue weighted by atomic mass is 127. The summed E-state index contributed by atoms with van der Waals surface area (Å²) in [6.07, 6.45) is 1.82. The Morgan fingerprint density at radius 2 is 2.05 bits per heavy atom. The van der Waals surface area contributed by atoms with E-state index in [1.54, 1.807) is 0 Å². The number of benzene rings is 1. The Labute approximate surface area is 144 Å². The monoisotopic (exact) mass is 416 g/mol. The minimum Gasteiger partial charge on any atom is -0.486 e. The average Bonchev–Trinajstić information content (AvgIpc) is 2.56. The number of hydrogen-bond donors (Lipinski definition) is 1. The smallest absolute Gasteiger partial charge is 0.234 e. The van der Waals surface area contributed by atoms with Crippen LogP contribution in [0, 0.1) is 5.41 Å². The Hall–Kier alpha value is -1.02. The second-order valence-electron chi connectivity index (χ2n) is 6.28. The molecular formula is C16H21IN2O3. The number of amides is 1. The van der Waals surface area contributed by atoms with Crippen molar-refractivity contribution >= 4 is 28.8 Å². The number of nitrogens with one attached hydrogen (secondary N) is 1. The summed E-state index contributed by atoms with van der Waals surface area (Å²) < 4.78 is 14.5. The molecule has 3 rings (SSSR count). The van der Waals surface area contributed by atoms with Gasteiger partial charge in [-0.1, -0.05) is 19.1 Å². The Kier molecular flexibility index (Phi) is 4.77. The van der Waals surface area contributed by atoms with Crippen molar-refractivity contribution in [2.75, 3.05) is 26.2 Å². The van der Waals surface area contributed by atoms with E-state index in [9.17, 15) is 4.79 Å². The fraction of sp³-hybridized carbons (Fsp3) is 0.562. The second kappa shape index (κ2) is 6.62. The molecule has 0 bridgehead atoms. The summed E-state index contributed by atoms with van der Waals surface area (Å²) in [5.74, 6) is 1.78. The predicted molar refractivity (Wildman–Crippen MR) is 92.3 cm³/mol. The summed E-state index contributed by atoms with van der Waals surface area (Å²) in [6.45, 7) is 5.31. The maximum absolute atomic E-state index is 11.9. The number of para-hydroxylation sites is 2. The lowest BCUT2D eigenvalue weighted by molar-refractivity contribution is -0.130. The molecule has 0 aliphatic carbocycles. The van der Waals surface area contributed by atoms with Crippen LogP contribution in [0.4, 0.5) is 0 Å². The van der Waals surface area contributed by atoms with Crippen LogP contribution >= 0.6 is 22.9 Å². The van der Waals surface area contributed by atoms with Gasteiger partial charge in [-0.2, -0.15) is 0 Å². The van der Waals surface area contributed by atoms with Crippen molar-refractivity contribution in [1.82, 2.24) is 8.43 Å². The zero-order valence-electron chi connectivity index (χ0n) is 12.7. The molecule has 1 aromatic carbocycles. The lowest BCUT2D eigenvalue weighted by Crippen LogP contribution is -2.49. The third kappa shape index (κ3) is 3.32. The summed E-state index contributed by atoms with van der Waals surface area (Å²) in [5, 5.41) is 0. The van der Waals surface area contributed by atoms with Crippen molar-refractivity contribution in [2.24, 2.45) is 5.41 Å². The third-order valence-corrected chi connectivity index (χ3v) is 5.11. The zero-order valence-corrected chi connectivity index (χ0v) is 14.8. The molecule has 1 N–H and O–H groups in total. The molecule has 2 aliphatic heterocycles. The molecule has 1 saturated heterocycles. The van der Waals surface area contributed by atoms with Gasteiger partial charge in [-0.25, -0.2) is 0 Å². The van der Waals surface area contributed by atoms with E-state index < -0.39 is 0 Å². The van der Waals surface area contributed by atoms with Crippen molar-refractivity contribution < 1.29 is 14.3 Å². The SMILES string of the molecule is CC1(C(=O)NI)CCN(CC2COc3ccccc3O2)CC1. The number of likely N-dealkylation sites (tertiary alicyclic amines) is 1. The van der Waals surface area contributed by atoms with E-state index in [1.165, 1.54) is 0 Å². The molecule has 1 atom stereocenters. The Morgan fingerprint density at radius 1 is 1.36 bits per heavy atom. The van der Waals surface area contributed by atoms with Gasteiger partial charge in [0.25, 0.3) is 0 Å². The number of carbonyl (C=O) groups excluding carboxylic acids is 1. The molecule has 1 unspecified atom stereocenters. The molecular weight excluding hydrogens is 395 g/mol. The van der Waals surface area contributed by atoms with E-state index in [0.29, 0.717) is 6.61 Å². The van der Waals surface area contributed by atoms with Gasteiger partial charge in [0, 0.05) is 12.0 Å². The van der Waals surface area contributed by atoms with Crippen LogP contribution in [-0.4, -0.2) is 43.2 Å². The first-order valence-corrected chi connectivity index (χ1v) is 8.70. The number of fused-ring (bicyclic) bond motifs is 1. The van der Waals surface area contributed by atoms with Gasteiger partial charge >= 0.3 is 0 Å². The summed E-state index contributed by atoms with van der Waals surface area (Å²) in [5.41, 5.74) is -0.242. The highest BCUT2D eigenvalue weighted by Crippen LogP contribution is 2.33. The van der Waals surface area contributed by atoms with Crippen molar-refractivity contribution in [3.8, 4) is 11.5 Å². The normalized spacial score (nSPS) is 23.8. The van der Waals surface area contributed by atoms with Gasteiger partial charge in [-0.15, -0.1) is 0 Å². The largest absolute Gasteiger partial charge is 0.486 e. The van der Waals surface area contributed by atoms with Gasteiger partial charge in [-0.05, 0) is 38.1 Å². The molecule has 2 heterocycles. The van der Waals surface area contributed by atoms with Gasteiger partial charge in [0.1, 0.15) is 12.7 Å². The molecule has 1 amide bonds. The number of piperidine rings is 1. The molecule has 0 aromatic heterocycles. The number of nitrogens with zero attached hydrogens (tertiary/aromatic N) is 1. The van der Waals surface area contributed by atoms with Gasteiger partial charge in [0.15, 0.2) is 11.5 Å². The van der Waals surface area contributed by atoms with E-state index in [1.807, 2.05) is 47.1 Å². The van der Waals surface area contributed by atoms with E-state index >= 15 is 0 Å². The molecule has 0 radical (unpaired) electrons. The molecule has 1 aromatic rings. The maximum atomic E-state index is 11.9. The highest BCUT2D eigenvalue weighted by molar-refractivity contribution is 14.1. The number of ether oxygens (including phenoxy) is 2. The van der Waals surface area contributed by atoms with Gasteiger partial charge in [0.05, 0.1) is 22.9 Å². The minimum absolute atomic E-state index is 0.0534. The van der Waals surface area contributed by atoms with Gasteiger partial charge in [-0.3, -0.25) is 13.2 Å². The van der Waals surface area contributed by atoms with Crippen LogP contribution in [0.3, 0.4) is 0 Å². The summed E-state index contributed by atoms with van der Waals surface area (Å²) in [4.78, 5) is 14.3. The predicted octanol–water partition coefficient (Wildman–Crippen LogP) is 2.39. The third-order valence-electron chi connectivity index (χ3n) is 4.62. The minimum atomic E-state index is -0.242. The molecule has 5 nitrogen and oxygen atoms in total. The molecule has 120 valence electrons. The molecule has 0 spiro atoms. The maximum Gasteiger partial charge on any atom is 0.234 e. The average molecular weight is 416 g/mol. The molecule has 0 saturated carbocycles. The lowest BCUT2D eigenvalue weighted by Gasteiger charge is -2.39. The van der Waals surface area contributed by atoms with Crippen LogP contribution in [-0.2, 0) is 4.79 Å². The number of carbonyl (C=O) groups is 1. The highest BCUT2D eigenvalue weighted by Gasteiger charge is 2.37. The fourth-order valence-electron chi connectivity index (χ4n) is 3.01. The number of hydrogen-bond acceptors (Lipinski definition) is 4. The van der Waals surface area contributed by atoms with Crippen LogP contribution in [0.2, 0.25) is 0 Å². The van der Waals surface area contributed by atoms with Gasteiger partial charge < -0.3 is 9.47 Å². The lowest BCUT2D eigenvalue weighted by atomic mass is 9.80. The standard InChI is InChI=1S/C16H21IN2O3/c1-16(15(20)18-17)6-8-19(9-7-16)10-12-11-21-13-4-2-3-5-14(13)22-12/h2-5,12H,6-11H2,1H3,(H,18,20). The Bertz CT molecular complexity index is 544. The van der Waals surface area contributed by atoms with Crippen LogP contribution in [0.15, 0.2) is 24.3 Å². The van der Waals surface area contributed by atoms with Gasteiger partial charge in [0.2, 0.25) is 5.91 Å². The van der Waals surface area contributed by atoms with E-state index in [2.05, 4.69) is 15.4 Å². The zero-order chi connectivity index (χ0) is 15.6. The summed E-state index contributed by atoms with van der Waals surface area (Å²) in [6, 6.07) is 7.78. The van der Waals surface area contributed by atoms with E-state index in [-0.39, 0.29) is 17.4 Å². The summed E-state index contributed by atoms with van der Waals surface area (Å²) in [7, 11) is 0. The van der Waals surface area contributed by atoms with Crippen LogP contribution < -0.4 is 13.0 Å². The van der Waals surface area contributed by atoms with Crippen LogP contribution in [0.25, 0.3) is 0 Å². The first-order chi connectivity index (χ1) is 10.6. The van der Waals surface area contributed by atoms with Crippen molar-refractivity contribution in [3.63, 3.8) is 0 Å². The van der Waals surface area contributed by atoms with Crippen molar-refractivity contribution in [2.45, 2.75) is 25.9 Å². The Morgan fingerprint density at radius 3 is 2.73 bits per heavy atom. The van der Waals surface area contributed by atoms with E-state index in [4.69, 9.17) is 9.47 Å². The van der Waals surface area contributed by atoms with Crippen molar-refractivity contribution in [1.29, 1.82) is 0 Å². The number of rotatable bonds is 3. The molecule has 6 heteroatoms. The van der Waals surface area contributed by atoms with Crippen LogP contribution in [0.5, 0.6) is 11.5 Å². The fourth-order valence-corrected chi connectivity index (χ4v) is 3.66. The first-order valence-electron chi connectivity index (χ1n) is 7.63. The second-order valence-corrected chi connectivity index (χ2v) is 6.82. The molecule has 22 heavy (non-hydrogen) atoms. The Balaban J connectivity index is 1.53. The number of halogens is 1. The summed E-state index contributed by atoms with van der Waals surface area (Å²) >= 11 is 1.93. The quantitative estimate of drug-likeness (QED) is 0.608.